The van der Waals surface area contributed by atoms with Gasteiger partial charge in [0.25, 0.3) is 0 Å². The molecule has 2 heterocycles. The molecule has 178 valence electrons. The van der Waals surface area contributed by atoms with Crippen LogP contribution in [0.25, 0.3) is 0 Å². The molecule has 1 aromatic heterocycles. The molecule has 4 rings (SSSR count). The van der Waals surface area contributed by atoms with Gasteiger partial charge in [0.1, 0.15) is 5.82 Å². The van der Waals surface area contributed by atoms with E-state index in [1.54, 1.807) is 0 Å². The summed E-state index contributed by atoms with van der Waals surface area (Å²) in [6, 6.07) is 13.2. The minimum absolute atomic E-state index is 0. The lowest BCUT2D eigenvalue weighted by atomic mass is 10.00. The highest BCUT2D eigenvalue weighted by Crippen LogP contribution is 2.22. The number of benzene rings is 2. The summed E-state index contributed by atoms with van der Waals surface area (Å²) in [5, 5.41) is 8.36. The van der Waals surface area contributed by atoms with Gasteiger partial charge in [-0.05, 0) is 43.0 Å². The number of hydrogen-bond donors (Lipinski definition) is 1. The van der Waals surface area contributed by atoms with E-state index in [1.807, 2.05) is 42.2 Å². The van der Waals surface area contributed by atoms with Gasteiger partial charge >= 0.3 is 0 Å². The number of nitrogens with two attached hydrogens (primary N) is 1. The van der Waals surface area contributed by atoms with Gasteiger partial charge in [0, 0.05) is 19.0 Å². The van der Waals surface area contributed by atoms with Crippen molar-refractivity contribution in [1.29, 1.82) is 0 Å². The molecular formula is C23H27Cl2F2N5O. The summed E-state index contributed by atoms with van der Waals surface area (Å²) in [5.41, 5.74) is 7.91. The lowest BCUT2D eigenvalue weighted by molar-refractivity contribution is -0.136. The fraction of sp³-hybridized carbons (Fsp3) is 0.348. The largest absolute Gasteiger partial charge is 0.330 e. The Labute approximate surface area is 204 Å². The van der Waals surface area contributed by atoms with E-state index in [0.717, 1.165) is 29.3 Å². The minimum Gasteiger partial charge on any atom is -0.330 e. The molecule has 0 bridgehead atoms. The number of carbonyl (C=O) groups excluding carboxylic acids is 1. The van der Waals surface area contributed by atoms with Gasteiger partial charge in [0.05, 0.1) is 12.6 Å². The molecular weight excluding hydrogens is 471 g/mol. The fourth-order valence-electron chi connectivity index (χ4n) is 4.11. The van der Waals surface area contributed by atoms with Crippen LogP contribution in [0, 0.1) is 18.6 Å². The first kappa shape index (κ1) is 26.7. The number of hydrogen-bond acceptors (Lipinski definition) is 4. The van der Waals surface area contributed by atoms with Crippen molar-refractivity contribution in [3.05, 3.63) is 82.9 Å². The van der Waals surface area contributed by atoms with E-state index in [4.69, 9.17) is 5.73 Å². The first-order chi connectivity index (χ1) is 14.9. The van der Waals surface area contributed by atoms with Crippen LogP contribution in [0.3, 0.4) is 0 Å². The lowest BCUT2D eigenvalue weighted by Crippen LogP contribution is -2.49. The van der Waals surface area contributed by atoms with Crippen molar-refractivity contribution < 1.29 is 13.6 Å². The van der Waals surface area contributed by atoms with Gasteiger partial charge in [-0.15, -0.1) is 35.0 Å². The summed E-state index contributed by atoms with van der Waals surface area (Å²) in [5.74, 6) is -0.308. The Morgan fingerprint density at radius 2 is 1.82 bits per heavy atom. The molecule has 1 amide bonds. The second-order valence-corrected chi connectivity index (χ2v) is 8.06. The number of fused-ring (bicyclic) bond motifs is 1. The highest BCUT2D eigenvalue weighted by atomic mass is 35.5. The summed E-state index contributed by atoms with van der Waals surface area (Å²) in [7, 11) is 0. The third-order valence-electron chi connectivity index (χ3n) is 5.71. The molecule has 0 aliphatic carbocycles. The van der Waals surface area contributed by atoms with Gasteiger partial charge in [0.15, 0.2) is 17.5 Å². The van der Waals surface area contributed by atoms with E-state index in [9.17, 15) is 13.6 Å². The molecule has 1 aliphatic heterocycles. The molecule has 0 spiro atoms. The Bertz CT molecular complexity index is 1080. The highest BCUT2D eigenvalue weighted by molar-refractivity contribution is 5.85. The molecule has 33 heavy (non-hydrogen) atoms. The van der Waals surface area contributed by atoms with Crippen molar-refractivity contribution in [2.45, 2.75) is 51.4 Å². The molecule has 6 nitrogen and oxygen atoms in total. The van der Waals surface area contributed by atoms with Gasteiger partial charge in [0.2, 0.25) is 5.91 Å². The Morgan fingerprint density at radius 3 is 2.52 bits per heavy atom. The predicted octanol–water partition coefficient (Wildman–Crippen LogP) is 3.62. The lowest BCUT2D eigenvalue weighted by Gasteiger charge is -2.37. The molecule has 0 saturated carbocycles. The molecule has 2 N–H and O–H groups in total. The van der Waals surface area contributed by atoms with Gasteiger partial charge in [-0.25, -0.2) is 8.78 Å². The smallest absolute Gasteiger partial charge is 0.224 e. The average molecular weight is 498 g/mol. The van der Waals surface area contributed by atoms with Crippen molar-refractivity contribution >= 4 is 30.7 Å². The second kappa shape index (κ2) is 11.5. The summed E-state index contributed by atoms with van der Waals surface area (Å²) in [4.78, 5) is 15.0. The zero-order chi connectivity index (χ0) is 22.0. The van der Waals surface area contributed by atoms with E-state index >= 15 is 0 Å². The van der Waals surface area contributed by atoms with Gasteiger partial charge in [-0.3, -0.25) is 4.79 Å². The van der Waals surface area contributed by atoms with Crippen LogP contribution >= 0.6 is 24.8 Å². The number of aryl methyl sites for hydroxylation is 1. The van der Waals surface area contributed by atoms with E-state index in [-0.39, 0.29) is 49.6 Å². The molecule has 2 aromatic carbocycles. The van der Waals surface area contributed by atoms with Crippen LogP contribution in [0.5, 0.6) is 0 Å². The Kier molecular flexibility index (Phi) is 9.34. The maximum absolute atomic E-state index is 13.5. The summed E-state index contributed by atoms with van der Waals surface area (Å²) >= 11 is 0. The Balaban J connectivity index is 0.00000193. The van der Waals surface area contributed by atoms with E-state index in [1.165, 1.54) is 6.07 Å². The SMILES string of the molecule is Cc1nnc2n1CC(Cc1ccccc1)N(C(=O)C[C@H](N)Cc1ccc(F)c(F)c1)C2.Cl.Cl. The minimum atomic E-state index is -0.912. The van der Waals surface area contributed by atoms with E-state index in [2.05, 4.69) is 14.8 Å². The number of nitrogens with zero attached hydrogens (tertiary/aromatic N) is 4. The quantitative estimate of drug-likeness (QED) is 0.564. The van der Waals surface area contributed by atoms with Crippen molar-refractivity contribution in [3.63, 3.8) is 0 Å². The molecule has 3 aromatic rings. The normalized spacial score (nSPS) is 15.8. The monoisotopic (exact) mass is 497 g/mol. The van der Waals surface area contributed by atoms with Crippen LogP contribution < -0.4 is 5.73 Å². The van der Waals surface area contributed by atoms with Crippen molar-refractivity contribution in [1.82, 2.24) is 19.7 Å². The zero-order valence-electron chi connectivity index (χ0n) is 18.2. The molecule has 10 heteroatoms. The number of carbonyl (C=O) groups is 1. The van der Waals surface area contributed by atoms with Crippen LogP contribution in [0.4, 0.5) is 8.78 Å². The molecule has 0 saturated heterocycles. The fourth-order valence-corrected chi connectivity index (χ4v) is 4.11. The van der Waals surface area contributed by atoms with Crippen molar-refractivity contribution in [3.8, 4) is 0 Å². The molecule has 0 radical (unpaired) electrons. The number of aromatic nitrogens is 3. The maximum Gasteiger partial charge on any atom is 0.224 e. The molecule has 2 atom stereocenters. The van der Waals surface area contributed by atoms with Gasteiger partial charge in [-0.1, -0.05) is 36.4 Å². The highest BCUT2D eigenvalue weighted by Gasteiger charge is 2.32. The number of rotatable bonds is 6. The van der Waals surface area contributed by atoms with Crippen LogP contribution in [0.1, 0.15) is 29.2 Å². The Hall–Kier alpha value is -2.55. The standard InChI is InChI=1S/C23H25F2N5O.2ClH/c1-15-27-28-22-14-30(19(13-29(15)22)10-16-5-3-2-4-6-16)23(31)12-18(26)9-17-7-8-20(24)21(25)11-17;;/h2-8,11,18-19H,9-10,12-14,26H2,1H3;2*1H/t18-,19?;;/m1../s1. The van der Waals surface area contributed by atoms with Crippen molar-refractivity contribution in [2.24, 2.45) is 5.73 Å². The van der Waals surface area contributed by atoms with Crippen molar-refractivity contribution in [2.75, 3.05) is 0 Å². The van der Waals surface area contributed by atoms with Crippen LogP contribution in [-0.4, -0.2) is 37.7 Å². The van der Waals surface area contributed by atoms with Gasteiger partial charge < -0.3 is 15.2 Å². The van der Waals surface area contributed by atoms with E-state index in [0.29, 0.717) is 25.1 Å². The summed E-state index contributed by atoms with van der Waals surface area (Å²) in [6.45, 7) is 2.90. The maximum atomic E-state index is 13.5. The topological polar surface area (TPSA) is 77.0 Å². The number of amides is 1. The number of halogens is 4. The third kappa shape index (κ3) is 6.28. The summed E-state index contributed by atoms with van der Waals surface area (Å²) < 4.78 is 28.7. The van der Waals surface area contributed by atoms with Crippen LogP contribution in [0.2, 0.25) is 0 Å². The predicted molar refractivity (Wildman–Crippen MR) is 126 cm³/mol. The molecule has 1 aliphatic rings. The Morgan fingerprint density at radius 1 is 1.09 bits per heavy atom. The third-order valence-corrected chi connectivity index (χ3v) is 5.71. The van der Waals surface area contributed by atoms with Crippen LogP contribution in [0.15, 0.2) is 48.5 Å². The van der Waals surface area contributed by atoms with Crippen LogP contribution in [-0.2, 0) is 30.7 Å². The first-order valence-electron chi connectivity index (χ1n) is 10.3. The summed E-state index contributed by atoms with van der Waals surface area (Å²) in [6.07, 6.45) is 1.11. The molecule has 1 unspecified atom stereocenters. The first-order valence-corrected chi connectivity index (χ1v) is 10.3. The zero-order valence-corrected chi connectivity index (χ0v) is 19.8. The second-order valence-electron chi connectivity index (χ2n) is 8.06. The average Bonchev–Trinajstić information content (AvgIpc) is 3.11. The van der Waals surface area contributed by atoms with E-state index < -0.39 is 17.7 Å². The molecule has 0 fully saturated rings. The van der Waals surface area contributed by atoms with Gasteiger partial charge in [-0.2, -0.15) is 0 Å².